The number of Topliss-reactive ketones (excluding diaryl/α,β-unsaturated/α-hetero) is 1. The number of esters is 1. The molecule has 2 unspecified atom stereocenters. The van der Waals surface area contributed by atoms with Crippen molar-refractivity contribution in [1.82, 2.24) is 0 Å². The van der Waals surface area contributed by atoms with Gasteiger partial charge in [0.1, 0.15) is 11.8 Å². The minimum atomic E-state index is -1.28. The van der Waals surface area contributed by atoms with E-state index in [-0.39, 0.29) is 10.8 Å². The standard InChI is InChI=1S/C15H14BrCl2NO4/c1-8(20)22-12(7-19)15(2,3)13(21)14(16)23-11-5-4-9(17)6-10(11)18/h4-6,12,14H,1-3H3. The van der Waals surface area contributed by atoms with Gasteiger partial charge in [-0.25, -0.2) is 0 Å². The third-order valence-corrected chi connectivity index (χ3v) is 4.16. The zero-order valence-electron chi connectivity index (χ0n) is 12.6. The fourth-order valence-electron chi connectivity index (χ4n) is 1.66. The van der Waals surface area contributed by atoms with Crippen molar-refractivity contribution in [1.29, 1.82) is 5.26 Å². The second kappa shape index (κ2) is 8.00. The maximum atomic E-state index is 12.5. The average molecular weight is 423 g/mol. The van der Waals surface area contributed by atoms with E-state index in [4.69, 9.17) is 37.9 Å². The summed E-state index contributed by atoms with van der Waals surface area (Å²) in [5, 5.41) is 8.72. The van der Waals surface area contributed by atoms with E-state index < -0.39 is 28.3 Å². The van der Waals surface area contributed by atoms with Gasteiger partial charge in [0, 0.05) is 11.9 Å². The molecule has 0 saturated carbocycles. The van der Waals surface area contributed by atoms with Crippen molar-refractivity contribution in [2.45, 2.75) is 31.9 Å². The molecular formula is C15H14BrCl2NO4. The van der Waals surface area contributed by atoms with Crippen LogP contribution in [-0.4, -0.2) is 22.9 Å². The summed E-state index contributed by atoms with van der Waals surface area (Å²) >= 11 is 14.9. The third-order valence-electron chi connectivity index (χ3n) is 3.02. The molecule has 0 radical (unpaired) electrons. The molecule has 0 aliphatic rings. The summed E-state index contributed by atoms with van der Waals surface area (Å²) < 4.78 is 10.4. The summed E-state index contributed by atoms with van der Waals surface area (Å²) in [6, 6.07) is 6.37. The molecule has 0 amide bonds. The van der Waals surface area contributed by atoms with Gasteiger partial charge in [0.15, 0.2) is 11.9 Å². The maximum Gasteiger partial charge on any atom is 0.303 e. The number of ether oxygens (including phenoxy) is 2. The minimum absolute atomic E-state index is 0.240. The molecule has 0 bridgehead atoms. The first-order valence-corrected chi connectivity index (χ1v) is 8.13. The van der Waals surface area contributed by atoms with Crippen molar-refractivity contribution >= 4 is 50.9 Å². The van der Waals surface area contributed by atoms with Gasteiger partial charge in [-0.2, -0.15) is 5.26 Å². The van der Waals surface area contributed by atoms with Gasteiger partial charge in [-0.05, 0) is 48.0 Å². The van der Waals surface area contributed by atoms with Crippen molar-refractivity contribution < 1.29 is 19.1 Å². The van der Waals surface area contributed by atoms with E-state index in [2.05, 4.69) is 15.9 Å². The lowest BCUT2D eigenvalue weighted by atomic mass is 9.82. The largest absolute Gasteiger partial charge is 0.470 e. The minimum Gasteiger partial charge on any atom is -0.470 e. The van der Waals surface area contributed by atoms with Crippen LogP contribution in [0.25, 0.3) is 0 Å². The van der Waals surface area contributed by atoms with Crippen molar-refractivity contribution in [3.8, 4) is 11.8 Å². The first kappa shape index (κ1) is 19.8. The number of hydrogen-bond acceptors (Lipinski definition) is 5. The normalized spacial score (nSPS) is 13.6. The average Bonchev–Trinajstić information content (AvgIpc) is 2.46. The topological polar surface area (TPSA) is 76.4 Å². The number of halogens is 3. The molecule has 124 valence electrons. The van der Waals surface area contributed by atoms with Crippen molar-refractivity contribution in [2.24, 2.45) is 5.41 Å². The second-order valence-electron chi connectivity index (χ2n) is 5.21. The Bertz CT molecular complexity index is 657. The van der Waals surface area contributed by atoms with E-state index in [1.807, 2.05) is 6.07 Å². The van der Waals surface area contributed by atoms with E-state index in [9.17, 15) is 9.59 Å². The number of rotatable bonds is 6. The van der Waals surface area contributed by atoms with Crippen LogP contribution in [0.3, 0.4) is 0 Å². The molecule has 23 heavy (non-hydrogen) atoms. The van der Waals surface area contributed by atoms with Crippen LogP contribution in [0.1, 0.15) is 20.8 Å². The molecule has 0 aliphatic heterocycles. The monoisotopic (exact) mass is 421 g/mol. The van der Waals surface area contributed by atoms with Crippen molar-refractivity contribution in [3.63, 3.8) is 0 Å². The highest BCUT2D eigenvalue weighted by Crippen LogP contribution is 2.33. The molecule has 0 fully saturated rings. The number of benzene rings is 1. The van der Waals surface area contributed by atoms with Crippen LogP contribution >= 0.6 is 39.1 Å². The Morgan fingerprint density at radius 1 is 1.35 bits per heavy atom. The molecule has 1 aromatic rings. The van der Waals surface area contributed by atoms with E-state index in [1.165, 1.54) is 32.9 Å². The van der Waals surface area contributed by atoms with E-state index in [0.29, 0.717) is 5.02 Å². The highest BCUT2D eigenvalue weighted by molar-refractivity contribution is 9.09. The predicted molar refractivity (Wildman–Crippen MR) is 89.8 cm³/mol. The zero-order chi connectivity index (χ0) is 17.8. The Morgan fingerprint density at radius 3 is 2.43 bits per heavy atom. The number of ketones is 1. The Kier molecular flexibility index (Phi) is 6.87. The SMILES string of the molecule is CC(=O)OC(C#N)C(C)(C)C(=O)C(Br)Oc1ccc(Cl)cc1Cl. The van der Waals surface area contributed by atoms with Gasteiger partial charge in [-0.1, -0.05) is 23.2 Å². The van der Waals surface area contributed by atoms with Gasteiger partial charge >= 0.3 is 5.97 Å². The quantitative estimate of drug-likeness (QED) is 0.508. The molecular weight excluding hydrogens is 409 g/mol. The van der Waals surface area contributed by atoms with Gasteiger partial charge in [-0.3, -0.25) is 9.59 Å². The number of alkyl halides is 1. The number of carbonyl (C=O) groups is 2. The summed E-state index contributed by atoms with van der Waals surface area (Å²) in [5.74, 6) is -0.871. The Morgan fingerprint density at radius 2 is 1.96 bits per heavy atom. The van der Waals surface area contributed by atoms with E-state index >= 15 is 0 Å². The lowest BCUT2D eigenvalue weighted by Crippen LogP contribution is -2.44. The van der Waals surface area contributed by atoms with Crippen LogP contribution in [0.2, 0.25) is 10.0 Å². The Hall–Kier alpha value is -1.29. The third kappa shape index (κ3) is 5.10. The zero-order valence-corrected chi connectivity index (χ0v) is 15.7. The lowest BCUT2D eigenvalue weighted by molar-refractivity contribution is -0.152. The number of hydrogen-bond donors (Lipinski definition) is 0. The van der Waals surface area contributed by atoms with Crippen molar-refractivity contribution in [2.75, 3.05) is 0 Å². The fourth-order valence-corrected chi connectivity index (χ4v) is 2.90. The lowest BCUT2D eigenvalue weighted by Gasteiger charge is -2.29. The Balaban J connectivity index is 2.93. The van der Waals surface area contributed by atoms with Gasteiger partial charge < -0.3 is 9.47 Å². The van der Waals surface area contributed by atoms with Crippen LogP contribution in [-0.2, 0) is 14.3 Å². The van der Waals surface area contributed by atoms with Crippen LogP contribution in [0, 0.1) is 16.7 Å². The molecule has 0 saturated heterocycles. The summed E-state index contributed by atoms with van der Waals surface area (Å²) in [4.78, 5) is 23.6. The molecule has 1 aromatic carbocycles. The summed E-state index contributed by atoms with van der Waals surface area (Å²) in [5.41, 5.74) is -1.28. The molecule has 0 N–H and O–H groups in total. The van der Waals surface area contributed by atoms with Crippen LogP contribution < -0.4 is 4.74 Å². The second-order valence-corrected chi connectivity index (χ2v) is 6.89. The fraction of sp³-hybridized carbons (Fsp3) is 0.400. The van der Waals surface area contributed by atoms with Gasteiger partial charge in [0.05, 0.1) is 10.4 Å². The molecule has 0 aromatic heterocycles. The van der Waals surface area contributed by atoms with E-state index in [0.717, 1.165) is 0 Å². The van der Waals surface area contributed by atoms with Gasteiger partial charge in [0.2, 0.25) is 5.01 Å². The molecule has 1 rings (SSSR count). The molecule has 8 heteroatoms. The smallest absolute Gasteiger partial charge is 0.303 e. The highest BCUT2D eigenvalue weighted by Gasteiger charge is 2.43. The Labute approximate surface area is 152 Å². The van der Waals surface area contributed by atoms with Crippen LogP contribution in [0.4, 0.5) is 0 Å². The van der Waals surface area contributed by atoms with Gasteiger partial charge in [-0.15, -0.1) is 0 Å². The maximum absolute atomic E-state index is 12.5. The van der Waals surface area contributed by atoms with Gasteiger partial charge in [0.25, 0.3) is 0 Å². The van der Waals surface area contributed by atoms with Crippen LogP contribution in [0.5, 0.6) is 5.75 Å². The molecule has 0 aliphatic carbocycles. The number of nitriles is 1. The summed E-state index contributed by atoms with van der Waals surface area (Å²) in [6.45, 7) is 4.15. The van der Waals surface area contributed by atoms with Crippen molar-refractivity contribution in [3.05, 3.63) is 28.2 Å². The summed E-state index contributed by atoms with van der Waals surface area (Å²) in [7, 11) is 0. The van der Waals surface area contributed by atoms with E-state index in [1.54, 1.807) is 6.07 Å². The number of nitrogens with zero attached hydrogens (tertiary/aromatic N) is 1. The predicted octanol–water partition coefficient (Wildman–Crippen LogP) is 4.14. The number of carbonyl (C=O) groups excluding carboxylic acids is 2. The summed E-state index contributed by atoms with van der Waals surface area (Å²) in [6.07, 6.45) is -1.24. The first-order valence-electron chi connectivity index (χ1n) is 6.46. The highest BCUT2D eigenvalue weighted by atomic mass is 79.9. The molecule has 5 nitrogen and oxygen atoms in total. The molecule has 0 heterocycles. The van der Waals surface area contributed by atoms with Crippen LogP contribution in [0.15, 0.2) is 18.2 Å². The first-order chi connectivity index (χ1) is 10.6. The molecule has 2 atom stereocenters. The molecule has 0 spiro atoms.